The van der Waals surface area contributed by atoms with Crippen molar-refractivity contribution in [2.24, 2.45) is 11.8 Å². The molecule has 1 saturated carbocycles. The maximum absolute atomic E-state index is 5.06. The molecule has 0 aromatic carbocycles. The van der Waals surface area contributed by atoms with Gasteiger partial charge in [0.15, 0.2) is 0 Å². The lowest BCUT2D eigenvalue weighted by atomic mass is 9.71. The van der Waals surface area contributed by atoms with E-state index in [1.807, 2.05) is 11.3 Å². The summed E-state index contributed by atoms with van der Waals surface area (Å²) in [5.74, 6) is 1.56. The van der Waals surface area contributed by atoms with E-state index in [-0.39, 0.29) is 11.0 Å². The predicted octanol–water partition coefficient (Wildman–Crippen LogP) is 5.09. The van der Waals surface area contributed by atoms with Gasteiger partial charge in [-0.25, -0.2) is 4.98 Å². The Balaban J connectivity index is 2.33. The van der Waals surface area contributed by atoms with Crippen LogP contribution in [-0.4, -0.2) is 11.5 Å². The first-order chi connectivity index (χ1) is 9.77. The number of aromatic nitrogens is 1. The molecule has 1 N–H and O–H groups in total. The third-order valence-corrected chi connectivity index (χ3v) is 5.64. The lowest BCUT2D eigenvalue weighted by Gasteiger charge is -2.42. The van der Waals surface area contributed by atoms with Crippen molar-refractivity contribution in [3.63, 3.8) is 0 Å². The van der Waals surface area contributed by atoms with Gasteiger partial charge in [-0.15, -0.1) is 11.3 Å². The van der Waals surface area contributed by atoms with E-state index in [0.717, 1.165) is 18.4 Å². The highest BCUT2D eigenvalue weighted by molar-refractivity contribution is 7.09. The molecule has 0 radical (unpaired) electrons. The summed E-state index contributed by atoms with van der Waals surface area (Å²) in [6.07, 6.45) is 5.00. The minimum atomic E-state index is 0.112. The van der Waals surface area contributed by atoms with Gasteiger partial charge in [-0.1, -0.05) is 41.5 Å². The molecule has 2 rings (SSSR count). The van der Waals surface area contributed by atoms with Gasteiger partial charge in [0.2, 0.25) is 0 Å². The van der Waals surface area contributed by atoms with E-state index in [1.54, 1.807) is 0 Å². The van der Waals surface area contributed by atoms with Crippen molar-refractivity contribution in [1.29, 1.82) is 0 Å². The van der Waals surface area contributed by atoms with Gasteiger partial charge in [0.25, 0.3) is 0 Å². The second kappa shape index (κ2) is 6.37. The Morgan fingerprint density at radius 2 is 1.90 bits per heavy atom. The summed E-state index contributed by atoms with van der Waals surface area (Å²) in [6, 6.07) is 0. The zero-order valence-electron chi connectivity index (χ0n) is 14.6. The average Bonchev–Trinajstić information content (AvgIpc) is 2.85. The molecule has 2 unspecified atom stereocenters. The molecule has 120 valence electrons. The molecule has 1 aliphatic carbocycles. The highest BCUT2D eigenvalue weighted by atomic mass is 32.1. The van der Waals surface area contributed by atoms with E-state index in [1.165, 1.54) is 36.4 Å². The average molecular weight is 309 g/mol. The standard InChI is InChI=1S/C18H32N2S/c1-7-8-19-18(10-13(2)9-14(3)11-18)16-20-15(12-21-16)17(4,5)6/h12-14,19H,7-11H2,1-6H3. The molecule has 2 atom stereocenters. The minimum Gasteiger partial charge on any atom is -0.305 e. The van der Waals surface area contributed by atoms with Crippen LogP contribution in [-0.2, 0) is 11.0 Å². The Bertz CT molecular complexity index is 448. The molecule has 2 nitrogen and oxygen atoms in total. The summed E-state index contributed by atoms with van der Waals surface area (Å²) >= 11 is 1.86. The molecule has 0 amide bonds. The second-order valence-electron chi connectivity index (χ2n) is 8.15. The van der Waals surface area contributed by atoms with Gasteiger partial charge in [-0.2, -0.15) is 0 Å². The summed E-state index contributed by atoms with van der Waals surface area (Å²) in [7, 11) is 0. The Labute approximate surface area is 134 Å². The smallest absolute Gasteiger partial charge is 0.113 e. The van der Waals surface area contributed by atoms with Crippen LogP contribution in [0.15, 0.2) is 5.38 Å². The van der Waals surface area contributed by atoms with Gasteiger partial charge in [0.05, 0.1) is 11.2 Å². The summed E-state index contributed by atoms with van der Waals surface area (Å²) in [5, 5.41) is 7.47. The van der Waals surface area contributed by atoms with Gasteiger partial charge in [0.1, 0.15) is 5.01 Å². The van der Waals surface area contributed by atoms with Gasteiger partial charge >= 0.3 is 0 Å². The van der Waals surface area contributed by atoms with Crippen molar-refractivity contribution in [1.82, 2.24) is 10.3 Å². The monoisotopic (exact) mass is 308 g/mol. The van der Waals surface area contributed by atoms with Gasteiger partial charge in [-0.3, -0.25) is 0 Å². The Morgan fingerprint density at radius 3 is 2.38 bits per heavy atom. The third-order valence-electron chi connectivity index (χ3n) is 4.59. The van der Waals surface area contributed by atoms with E-state index in [2.05, 4.69) is 52.2 Å². The highest BCUT2D eigenvalue weighted by Gasteiger charge is 2.41. The highest BCUT2D eigenvalue weighted by Crippen LogP contribution is 2.44. The van der Waals surface area contributed by atoms with E-state index in [9.17, 15) is 0 Å². The number of rotatable bonds is 4. The van der Waals surface area contributed by atoms with E-state index in [0.29, 0.717) is 0 Å². The quantitative estimate of drug-likeness (QED) is 0.838. The molecular weight excluding hydrogens is 276 g/mol. The third kappa shape index (κ3) is 3.87. The van der Waals surface area contributed by atoms with Crippen molar-refractivity contribution in [3.8, 4) is 0 Å². The van der Waals surface area contributed by atoms with Crippen LogP contribution >= 0.6 is 11.3 Å². The first-order valence-electron chi connectivity index (χ1n) is 8.48. The molecule has 0 bridgehead atoms. The Morgan fingerprint density at radius 1 is 1.29 bits per heavy atom. The second-order valence-corrected chi connectivity index (χ2v) is 9.01. The maximum atomic E-state index is 5.06. The molecule has 1 aromatic heterocycles. The van der Waals surface area contributed by atoms with Crippen LogP contribution in [0.5, 0.6) is 0 Å². The van der Waals surface area contributed by atoms with Crippen LogP contribution < -0.4 is 5.32 Å². The molecule has 3 heteroatoms. The van der Waals surface area contributed by atoms with E-state index >= 15 is 0 Å². The van der Waals surface area contributed by atoms with Gasteiger partial charge in [-0.05, 0) is 44.1 Å². The first kappa shape index (κ1) is 17.0. The molecule has 0 saturated heterocycles. The van der Waals surface area contributed by atoms with Crippen LogP contribution in [0.3, 0.4) is 0 Å². The molecular formula is C18H32N2S. The van der Waals surface area contributed by atoms with E-state index < -0.39 is 0 Å². The van der Waals surface area contributed by atoms with Crippen molar-refractivity contribution in [2.45, 2.75) is 78.2 Å². The first-order valence-corrected chi connectivity index (χ1v) is 9.36. The van der Waals surface area contributed by atoms with E-state index in [4.69, 9.17) is 4.98 Å². The van der Waals surface area contributed by atoms with Crippen LogP contribution in [0.4, 0.5) is 0 Å². The summed E-state index contributed by atoms with van der Waals surface area (Å²) in [4.78, 5) is 5.06. The number of thiazole rings is 1. The van der Waals surface area contributed by atoms with Crippen molar-refractivity contribution in [3.05, 3.63) is 16.1 Å². The fourth-order valence-corrected chi connectivity index (χ4v) is 4.97. The number of nitrogens with zero attached hydrogens (tertiary/aromatic N) is 1. The zero-order valence-corrected chi connectivity index (χ0v) is 15.4. The molecule has 1 heterocycles. The normalized spacial score (nSPS) is 30.6. The fraction of sp³-hybridized carbons (Fsp3) is 0.833. The van der Waals surface area contributed by atoms with Crippen molar-refractivity contribution >= 4 is 11.3 Å². The summed E-state index contributed by atoms with van der Waals surface area (Å²) < 4.78 is 0. The van der Waals surface area contributed by atoms with Crippen LogP contribution in [0.2, 0.25) is 0 Å². The van der Waals surface area contributed by atoms with Crippen LogP contribution in [0, 0.1) is 11.8 Å². The topological polar surface area (TPSA) is 24.9 Å². The Hall–Kier alpha value is -0.410. The van der Waals surface area contributed by atoms with Crippen LogP contribution in [0.1, 0.15) is 77.9 Å². The minimum absolute atomic E-state index is 0.112. The largest absolute Gasteiger partial charge is 0.305 e. The summed E-state index contributed by atoms with van der Waals surface area (Å²) in [6.45, 7) is 14.9. The maximum Gasteiger partial charge on any atom is 0.113 e. The zero-order chi connectivity index (χ0) is 15.7. The molecule has 0 spiro atoms. The lowest BCUT2D eigenvalue weighted by molar-refractivity contribution is 0.143. The van der Waals surface area contributed by atoms with Crippen molar-refractivity contribution < 1.29 is 0 Å². The molecule has 21 heavy (non-hydrogen) atoms. The molecule has 1 aromatic rings. The number of hydrogen-bond acceptors (Lipinski definition) is 3. The molecule has 1 fully saturated rings. The molecule has 0 aliphatic heterocycles. The molecule has 1 aliphatic rings. The van der Waals surface area contributed by atoms with Gasteiger partial charge < -0.3 is 5.32 Å². The summed E-state index contributed by atoms with van der Waals surface area (Å²) in [5.41, 5.74) is 1.50. The van der Waals surface area contributed by atoms with Crippen LogP contribution in [0.25, 0.3) is 0 Å². The fourth-order valence-electron chi connectivity index (χ4n) is 3.72. The number of hydrogen-bond donors (Lipinski definition) is 1. The van der Waals surface area contributed by atoms with Crippen molar-refractivity contribution in [2.75, 3.05) is 6.54 Å². The lowest BCUT2D eigenvalue weighted by Crippen LogP contribution is -2.48. The number of nitrogens with one attached hydrogen (secondary N) is 1. The van der Waals surface area contributed by atoms with Gasteiger partial charge in [0, 0.05) is 10.8 Å². The predicted molar refractivity (Wildman–Crippen MR) is 93.0 cm³/mol. The Kier molecular flexibility index (Phi) is 5.15. The SMILES string of the molecule is CCCNC1(c2nc(C(C)(C)C)cs2)CC(C)CC(C)C1.